The highest BCUT2D eigenvalue weighted by atomic mass is 16.7. The Balaban J connectivity index is 1.70. The third-order valence-corrected chi connectivity index (χ3v) is 4.43. The number of hydrogen-bond donors (Lipinski definition) is 1. The van der Waals surface area contributed by atoms with Crippen molar-refractivity contribution in [3.05, 3.63) is 71.6 Å². The number of benzene rings is 1. The van der Waals surface area contributed by atoms with E-state index in [9.17, 15) is 9.59 Å². The molecule has 1 saturated heterocycles. The van der Waals surface area contributed by atoms with Crippen molar-refractivity contribution in [3.8, 4) is 0 Å². The molecule has 1 aliphatic heterocycles. The molecular formula is C21H22N2O5. The van der Waals surface area contributed by atoms with Crippen LogP contribution in [0.15, 0.2) is 54.9 Å². The maximum absolute atomic E-state index is 12.3. The quantitative estimate of drug-likeness (QED) is 0.771. The Hall–Kier alpha value is -3.03. The van der Waals surface area contributed by atoms with Gasteiger partial charge in [-0.15, -0.1) is 0 Å². The molecule has 1 amide bonds. The van der Waals surface area contributed by atoms with Crippen LogP contribution in [-0.4, -0.2) is 42.5 Å². The van der Waals surface area contributed by atoms with Crippen LogP contribution in [0.4, 0.5) is 0 Å². The van der Waals surface area contributed by atoms with Crippen LogP contribution >= 0.6 is 0 Å². The molecule has 0 spiro atoms. The van der Waals surface area contributed by atoms with E-state index in [1.165, 1.54) is 6.20 Å². The van der Waals surface area contributed by atoms with E-state index >= 15 is 0 Å². The van der Waals surface area contributed by atoms with E-state index in [4.69, 9.17) is 19.9 Å². The number of pyridine rings is 1. The number of hydrogen-bond acceptors (Lipinski definition) is 6. The molecule has 7 nitrogen and oxygen atoms in total. The molecule has 0 bridgehead atoms. The molecule has 0 saturated carbocycles. The molecule has 146 valence electrons. The Bertz CT molecular complexity index is 853. The molecule has 0 aliphatic carbocycles. The standard InChI is InChI=1S/C21H22N2O5/c1-26-19-12-17(28-21(25)15-5-3-2-4-6-15)11-16(27-19)8-7-14-9-10-23-13-18(14)20(22)24/h2-10,13,16-17,19H,11-12H2,1H3,(H2,22,24)/b8-7+/t16-,17+,19+/m0/s1. The molecule has 0 unspecified atom stereocenters. The van der Waals surface area contributed by atoms with Crippen LogP contribution in [-0.2, 0) is 14.2 Å². The molecule has 2 aromatic rings. The predicted octanol–water partition coefficient (Wildman–Crippen LogP) is 2.57. The van der Waals surface area contributed by atoms with Gasteiger partial charge in [0.2, 0.25) is 0 Å². The van der Waals surface area contributed by atoms with Gasteiger partial charge in [-0.25, -0.2) is 4.79 Å². The number of methoxy groups -OCH3 is 1. The van der Waals surface area contributed by atoms with Crippen LogP contribution in [0.3, 0.4) is 0 Å². The average molecular weight is 382 g/mol. The average Bonchev–Trinajstić information content (AvgIpc) is 2.72. The fraction of sp³-hybridized carbons (Fsp3) is 0.286. The molecule has 3 atom stereocenters. The van der Waals surface area contributed by atoms with Crippen LogP contribution in [0.2, 0.25) is 0 Å². The summed E-state index contributed by atoms with van der Waals surface area (Å²) in [5.41, 5.74) is 6.84. The zero-order chi connectivity index (χ0) is 19.9. The Labute approximate surface area is 163 Å². The first-order chi connectivity index (χ1) is 13.6. The topological polar surface area (TPSA) is 101 Å². The lowest BCUT2D eigenvalue weighted by molar-refractivity contribution is -0.191. The summed E-state index contributed by atoms with van der Waals surface area (Å²) in [7, 11) is 1.54. The molecule has 3 rings (SSSR count). The summed E-state index contributed by atoms with van der Waals surface area (Å²) in [5.74, 6) is -0.933. The minimum atomic E-state index is -0.554. The van der Waals surface area contributed by atoms with Crippen molar-refractivity contribution in [2.45, 2.75) is 31.3 Å². The van der Waals surface area contributed by atoms with Gasteiger partial charge in [0.25, 0.3) is 5.91 Å². The largest absolute Gasteiger partial charge is 0.458 e. The van der Waals surface area contributed by atoms with E-state index in [1.807, 2.05) is 6.07 Å². The summed E-state index contributed by atoms with van der Waals surface area (Å²) in [6.07, 6.45) is 6.28. The van der Waals surface area contributed by atoms with Gasteiger partial charge in [0.15, 0.2) is 6.29 Å². The van der Waals surface area contributed by atoms with Gasteiger partial charge < -0.3 is 19.9 Å². The Morgan fingerprint density at radius 1 is 1.21 bits per heavy atom. The second kappa shape index (κ2) is 9.25. The fourth-order valence-corrected chi connectivity index (χ4v) is 3.01. The maximum atomic E-state index is 12.3. The van der Waals surface area contributed by atoms with Gasteiger partial charge in [-0.1, -0.05) is 30.4 Å². The van der Waals surface area contributed by atoms with Crippen molar-refractivity contribution < 1.29 is 23.8 Å². The SMILES string of the molecule is CO[C@H]1C[C@H](OC(=O)c2ccccc2)C[C@H](/C=C/c2ccncc2C(N)=O)O1. The lowest BCUT2D eigenvalue weighted by Crippen LogP contribution is -2.38. The maximum Gasteiger partial charge on any atom is 0.338 e. The normalized spacial score (nSPS) is 22.1. The molecule has 1 aromatic carbocycles. The zero-order valence-corrected chi connectivity index (χ0v) is 15.5. The Morgan fingerprint density at radius 2 is 2.00 bits per heavy atom. The third-order valence-electron chi connectivity index (χ3n) is 4.43. The van der Waals surface area contributed by atoms with Gasteiger partial charge >= 0.3 is 5.97 Å². The van der Waals surface area contributed by atoms with Gasteiger partial charge in [0, 0.05) is 32.3 Å². The highest BCUT2D eigenvalue weighted by Crippen LogP contribution is 2.25. The predicted molar refractivity (Wildman–Crippen MR) is 102 cm³/mol. The Kier molecular flexibility index (Phi) is 6.52. The second-order valence-electron chi connectivity index (χ2n) is 6.39. The van der Waals surface area contributed by atoms with Gasteiger partial charge in [-0.3, -0.25) is 9.78 Å². The molecule has 1 fully saturated rings. The summed E-state index contributed by atoms with van der Waals surface area (Å²) >= 11 is 0. The van der Waals surface area contributed by atoms with Crippen molar-refractivity contribution >= 4 is 18.0 Å². The summed E-state index contributed by atoms with van der Waals surface area (Å²) in [6, 6.07) is 10.5. The Morgan fingerprint density at radius 3 is 2.71 bits per heavy atom. The number of nitrogens with zero attached hydrogens (tertiary/aromatic N) is 1. The number of aromatic nitrogens is 1. The molecule has 7 heteroatoms. The van der Waals surface area contributed by atoms with E-state index < -0.39 is 12.2 Å². The van der Waals surface area contributed by atoms with Gasteiger partial charge in [-0.2, -0.15) is 0 Å². The second-order valence-corrected chi connectivity index (χ2v) is 6.39. The lowest BCUT2D eigenvalue weighted by Gasteiger charge is -2.33. The van der Waals surface area contributed by atoms with E-state index in [0.29, 0.717) is 29.5 Å². The monoisotopic (exact) mass is 382 g/mol. The number of esters is 1. The van der Waals surface area contributed by atoms with Crippen molar-refractivity contribution in [2.75, 3.05) is 7.11 Å². The van der Waals surface area contributed by atoms with Crippen LogP contribution < -0.4 is 5.73 Å². The van der Waals surface area contributed by atoms with Crippen LogP contribution in [0.25, 0.3) is 6.08 Å². The van der Waals surface area contributed by atoms with Crippen molar-refractivity contribution in [3.63, 3.8) is 0 Å². The summed E-state index contributed by atoms with van der Waals surface area (Å²) < 4.78 is 16.8. The minimum absolute atomic E-state index is 0.324. The van der Waals surface area contributed by atoms with Gasteiger partial charge in [0.05, 0.1) is 17.2 Å². The number of primary amides is 1. The summed E-state index contributed by atoms with van der Waals surface area (Å²) in [5, 5.41) is 0. The first-order valence-corrected chi connectivity index (χ1v) is 8.93. The first kappa shape index (κ1) is 19.7. The van der Waals surface area contributed by atoms with E-state index in [1.54, 1.807) is 55.8 Å². The first-order valence-electron chi connectivity index (χ1n) is 8.93. The van der Waals surface area contributed by atoms with E-state index in [-0.39, 0.29) is 18.2 Å². The molecule has 0 radical (unpaired) electrons. The molecule has 2 heterocycles. The van der Waals surface area contributed by atoms with Crippen LogP contribution in [0.1, 0.15) is 39.1 Å². The van der Waals surface area contributed by atoms with E-state index in [2.05, 4.69) is 4.98 Å². The van der Waals surface area contributed by atoms with Crippen LogP contribution in [0.5, 0.6) is 0 Å². The highest BCUT2D eigenvalue weighted by molar-refractivity contribution is 5.96. The van der Waals surface area contributed by atoms with E-state index in [0.717, 1.165) is 0 Å². The number of amides is 1. The summed E-state index contributed by atoms with van der Waals surface area (Å²) in [6.45, 7) is 0. The third kappa shape index (κ3) is 5.03. The van der Waals surface area contributed by atoms with Crippen molar-refractivity contribution in [1.29, 1.82) is 0 Å². The molecule has 1 aromatic heterocycles. The smallest absolute Gasteiger partial charge is 0.338 e. The minimum Gasteiger partial charge on any atom is -0.458 e. The fourth-order valence-electron chi connectivity index (χ4n) is 3.01. The van der Waals surface area contributed by atoms with Crippen LogP contribution in [0, 0.1) is 0 Å². The number of carbonyl (C=O) groups is 2. The van der Waals surface area contributed by atoms with Crippen molar-refractivity contribution in [1.82, 2.24) is 4.98 Å². The van der Waals surface area contributed by atoms with Gasteiger partial charge in [0.1, 0.15) is 6.10 Å². The number of nitrogens with two attached hydrogens (primary N) is 1. The highest BCUT2D eigenvalue weighted by Gasteiger charge is 2.31. The molecule has 1 aliphatic rings. The number of rotatable bonds is 6. The van der Waals surface area contributed by atoms with Gasteiger partial charge in [-0.05, 0) is 23.8 Å². The molecular weight excluding hydrogens is 360 g/mol. The molecule has 2 N–H and O–H groups in total. The number of carbonyl (C=O) groups excluding carboxylic acids is 2. The lowest BCUT2D eigenvalue weighted by atomic mass is 10.0. The summed E-state index contributed by atoms with van der Waals surface area (Å²) in [4.78, 5) is 27.8. The zero-order valence-electron chi connectivity index (χ0n) is 15.5. The molecule has 28 heavy (non-hydrogen) atoms. The number of ether oxygens (including phenoxy) is 3. The van der Waals surface area contributed by atoms with Crippen molar-refractivity contribution in [2.24, 2.45) is 5.73 Å².